The Kier molecular flexibility index (Phi) is 13.2. The van der Waals surface area contributed by atoms with Gasteiger partial charge in [0.05, 0.1) is 6.61 Å². The minimum atomic E-state index is -0.752. The second-order valence-electron chi connectivity index (χ2n) is 4.90. The molecule has 0 aromatic rings. The lowest BCUT2D eigenvalue weighted by atomic mass is 10.1. The van der Waals surface area contributed by atoms with Crippen LogP contribution in [-0.4, -0.2) is 23.7 Å². The summed E-state index contributed by atoms with van der Waals surface area (Å²) in [5.74, 6) is -0.884. The first-order valence-corrected chi connectivity index (χ1v) is 7.69. The van der Waals surface area contributed by atoms with Crippen LogP contribution in [0.2, 0.25) is 0 Å². The first kappa shape index (κ1) is 18.7. The Labute approximate surface area is 122 Å². The van der Waals surface area contributed by atoms with E-state index in [1.54, 1.807) is 0 Å². The standard InChI is InChI=1S/C16H28O4/c1-2-3-4-5-8-11-14-20-16(19)13-10-7-6-9-12-15(17)18/h3-4H,2,5-14H2,1H3,(H,17,18)/b4-3-. The molecule has 20 heavy (non-hydrogen) atoms. The van der Waals surface area contributed by atoms with Gasteiger partial charge in [-0.1, -0.05) is 31.9 Å². The highest BCUT2D eigenvalue weighted by molar-refractivity contribution is 5.69. The van der Waals surface area contributed by atoms with Crippen molar-refractivity contribution >= 4 is 11.9 Å². The number of carbonyl (C=O) groups excluding carboxylic acids is 1. The predicted molar refractivity (Wildman–Crippen MR) is 79.6 cm³/mol. The zero-order valence-corrected chi connectivity index (χ0v) is 12.6. The van der Waals surface area contributed by atoms with Gasteiger partial charge in [-0.25, -0.2) is 0 Å². The average Bonchev–Trinajstić information content (AvgIpc) is 2.41. The fraction of sp³-hybridized carbons (Fsp3) is 0.750. The lowest BCUT2D eigenvalue weighted by molar-refractivity contribution is -0.144. The third-order valence-electron chi connectivity index (χ3n) is 2.95. The van der Waals surface area contributed by atoms with Crippen molar-refractivity contribution in [2.24, 2.45) is 0 Å². The van der Waals surface area contributed by atoms with E-state index >= 15 is 0 Å². The maximum absolute atomic E-state index is 11.4. The highest BCUT2D eigenvalue weighted by Gasteiger charge is 2.02. The molecule has 0 bridgehead atoms. The molecule has 0 spiro atoms. The van der Waals surface area contributed by atoms with Crippen molar-refractivity contribution in [3.8, 4) is 0 Å². The van der Waals surface area contributed by atoms with Gasteiger partial charge in [-0.05, 0) is 38.5 Å². The molecule has 0 atom stereocenters. The number of rotatable bonds is 13. The van der Waals surface area contributed by atoms with E-state index in [0.717, 1.165) is 44.9 Å². The van der Waals surface area contributed by atoms with Crippen LogP contribution in [0.4, 0.5) is 0 Å². The topological polar surface area (TPSA) is 63.6 Å². The second-order valence-corrected chi connectivity index (χ2v) is 4.90. The van der Waals surface area contributed by atoms with Crippen molar-refractivity contribution in [3.05, 3.63) is 12.2 Å². The Morgan fingerprint density at radius 3 is 2.30 bits per heavy atom. The molecular weight excluding hydrogens is 256 g/mol. The van der Waals surface area contributed by atoms with Crippen LogP contribution in [0.3, 0.4) is 0 Å². The van der Waals surface area contributed by atoms with Crippen LogP contribution in [0.15, 0.2) is 12.2 Å². The van der Waals surface area contributed by atoms with Crippen molar-refractivity contribution in [3.63, 3.8) is 0 Å². The van der Waals surface area contributed by atoms with E-state index in [4.69, 9.17) is 9.84 Å². The molecule has 1 N–H and O–H groups in total. The van der Waals surface area contributed by atoms with Crippen LogP contribution in [-0.2, 0) is 14.3 Å². The molecule has 0 aliphatic heterocycles. The van der Waals surface area contributed by atoms with Gasteiger partial charge in [-0.2, -0.15) is 0 Å². The van der Waals surface area contributed by atoms with Gasteiger partial charge >= 0.3 is 11.9 Å². The van der Waals surface area contributed by atoms with E-state index in [1.807, 2.05) is 0 Å². The van der Waals surface area contributed by atoms with E-state index in [1.165, 1.54) is 0 Å². The van der Waals surface area contributed by atoms with Crippen molar-refractivity contribution in [1.82, 2.24) is 0 Å². The molecule has 116 valence electrons. The third kappa shape index (κ3) is 14.7. The fourth-order valence-electron chi connectivity index (χ4n) is 1.81. The number of unbranched alkanes of at least 4 members (excludes halogenated alkanes) is 5. The zero-order chi connectivity index (χ0) is 15.1. The first-order valence-electron chi connectivity index (χ1n) is 7.69. The van der Waals surface area contributed by atoms with Crippen molar-refractivity contribution < 1.29 is 19.4 Å². The summed E-state index contributed by atoms with van der Waals surface area (Å²) in [5.41, 5.74) is 0. The first-order chi connectivity index (χ1) is 9.66. The van der Waals surface area contributed by atoms with Gasteiger partial charge in [-0.3, -0.25) is 9.59 Å². The largest absolute Gasteiger partial charge is 0.481 e. The van der Waals surface area contributed by atoms with E-state index in [0.29, 0.717) is 19.4 Å². The summed E-state index contributed by atoms with van der Waals surface area (Å²) in [6.07, 6.45) is 12.3. The molecule has 0 heterocycles. The number of esters is 1. The number of hydrogen-bond donors (Lipinski definition) is 1. The lowest BCUT2D eigenvalue weighted by Crippen LogP contribution is -2.05. The summed E-state index contributed by atoms with van der Waals surface area (Å²) in [4.78, 5) is 21.7. The Hall–Kier alpha value is -1.32. The van der Waals surface area contributed by atoms with E-state index < -0.39 is 5.97 Å². The van der Waals surface area contributed by atoms with Gasteiger partial charge in [-0.15, -0.1) is 0 Å². The van der Waals surface area contributed by atoms with Gasteiger partial charge in [0.25, 0.3) is 0 Å². The van der Waals surface area contributed by atoms with E-state index in [-0.39, 0.29) is 12.4 Å². The lowest BCUT2D eigenvalue weighted by Gasteiger charge is -2.04. The van der Waals surface area contributed by atoms with Crippen molar-refractivity contribution in [1.29, 1.82) is 0 Å². The Balaban J connectivity index is 3.24. The number of allylic oxidation sites excluding steroid dienone is 2. The number of ether oxygens (including phenoxy) is 1. The number of carbonyl (C=O) groups is 2. The van der Waals surface area contributed by atoms with Gasteiger partial charge in [0.1, 0.15) is 0 Å². The Morgan fingerprint density at radius 2 is 1.65 bits per heavy atom. The minimum Gasteiger partial charge on any atom is -0.481 e. The molecule has 0 fully saturated rings. The van der Waals surface area contributed by atoms with Crippen LogP contribution in [0, 0.1) is 0 Å². The molecule has 0 radical (unpaired) electrons. The monoisotopic (exact) mass is 284 g/mol. The fourth-order valence-corrected chi connectivity index (χ4v) is 1.81. The summed E-state index contributed by atoms with van der Waals surface area (Å²) >= 11 is 0. The van der Waals surface area contributed by atoms with Crippen LogP contribution in [0.5, 0.6) is 0 Å². The van der Waals surface area contributed by atoms with Crippen molar-refractivity contribution in [2.45, 2.75) is 71.1 Å². The van der Waals surface area contributed by atoms with Crippen LogP contribution in [0.1, 0.15) is 71.1 Å². The van der Waals surface area contributed by atoms with Crippen LogP contribution >= 0.6 is 0 Å². The quantitative estimate of drug-likeness (QED) is 0.314. The molecule has 0 aliphatic carbocycles. The molecule has 0 rings (SSSR count). The summed E-state index contributed by atoms with van der Waals surface area (Å²) in [5, 5.41) is 8.47. The molecule has 4 heteroatoms. The van der Waals surface area contributed by atoms with Crippen LogP contribution in [0.25, 0.3) is 0 Å². The predicted octanol–water partition coefficient (Wildman–Crippen LogP) is 4.09. The number of aliphatic carboxylic acids is 1. The number of carboxylic acid groups (broad SMARTS) is 1. The maximum Gasteiger partial charge on any atom is 0.305 e. The zero-order valence-electron chi connectivity index (χ0n) is 12.6. The highest BCUT2D eigenvalue weighted by atomic mass is 16.5. The smallest absolute Gasteiger partial charge is 0.305 e. The molecule has 4 nitrogen and oxygen atoms in total. The van der Waals surface area contributed by atoms with Gasteiger partial charge in [0.2, 0.25) is 0 Å². The molecule has 0 aliphatic rings. The molecule has 0 unspecified atom stereocenters. The second kappa shape index (κ2) is 14.1. The van der Waals surface area contributed by atoms with E-state index in [9.17, 15) is 9.59 Å². The van der Waals surface area contributed by atoms with Gasteiger partial charge in [0, 0.05) is 12.8 Å². The molecule has 0 aromatic carbocycles. The molecule has 0 saturated heterocycles. The van der Waals surface area contributed by atoms with Gasteiger partial charge < -0.3 is 9.84 Å². The molecule has 0 amide bonds. The average molecular weight is 284 g/mol. The Morgan fingerprint density at radius 1 is 0.950 bits per heavy atom. The summed E-state index contributed by atoms with van der Waals surface area (Å²) in [6, 6.07) is 0. The molecule has 0 saturated carbocycles. The SMILES string of the molecule is CC/C=C\CCCCOC(=O)CCCCCCC(=O)O. The summed E-state index contributed by atoms with van der Waals surface area (Å²) in [7, 11) is 0. The molecular formula is C16H28O4. The number of hydrogen-bond acceptors (Lipinski definition) is 3. The Bertz CT molecular complexity index is 284. The normalized spacial score (nSPS) is 10.8. The minimum absolute atomic E-state index is 0.132. The maximum atomic E-state index is 11.4. The van der Waals surface area contributed by atoms with E-state index in [2.05, 4.69) is 19.1 Å². The summed E-state index contributed by atoms with van der Waals surface area (Å²) < 4.78 is 5.14. The highest BCUT2D eigenvalue weighted by Crippen LogP contribution is 2.06. The molecule has 0 aromatic heterocycles. The van der Waals surface area contributed by atoms with Crippen molar-refractivity contribution in [2.75, 3.05) is 6.61 Å². The third-order valence-corrected chi connectivity index (χ3v) is 2.95. The van der Waals surface area contributed by atoms with Gasteiger partial charge in [0.15, 0.2) is 0 Å². The summed E-state index contributed by atoms with van der Waals surface area (Å²) in [6.45, 7) is 2.62. The van der Waals surface area contributed by atoms with Crippen LogP contribution < -0.4 is 0 Å². The number of carboxylic acids is 1.